The van der Waals surface area contributed by atoms with Gasteiger partial charge < -0.3 is 14.6 Å². The van der Waals surface area contributed by atoms with E-state index in [4.69, 9.17) is 4.42 Å². The van der Waals surface area contributed by atoms with Gasteiger partial charge in [0.1, 0.15) is 17.3 Å². The Balaban J connectivity index is 1.43. The Morgan fingerprint density at radius 2 is 1.67 bits per heavy atom. The zero-order valence-corrected chi connectivity index (χ0v) is 15.4. The van der Waals surface area contributed by atoms with E-state index >= 15 is 0 Å². The van der Waals surface area contributed by atoms with Gasteiger partial charge in [0.05, 0.1) is 6.54 Å². The van der Waals surface area contributed by atoms with Gasteiger partial charge in [-0.1, -0.05) is 30.3 Å². The summed E-state index contributed by atoms with van der Waals surface area (Å²) in [5.41, 5.74) is 2.19. The molecule has 1 N–H and O–H groups in total. The molecule has 3 nitrogen and oxygen atoms in total. The zero-order chi connectivity index (χ0) is 18.5. The summed E-state index contributed by atoms with van der Waals surface area (Å²) in [5, 5.41) is 3.66. The third-order valence-electron chi connectivity index (χ3n) is 5.15. The van der Waals surface area contributed by atoms with Crippen molar-refractivity contribution in [1.29, 1.82) is 0 Å². The number of nitrogens with one attached hydrogen (secondary N) is 1. The molecule has 0 amide bonds. The van der Waals surface area contributed by atoms with Crippen LogP contribution in [-0.2, 0) is 6.54 Å². The number of halogens is 1. The van der Waals surface area contributed by atoms with Crippen molar-refractivity contribution in [2.45, 2.75) is 25.4 Å². The minimum Gasteiger partial charge on any atom is -0.460 e. The molecule has 140 valence electrons. The van der Waals surface area contributed by atoms with E-state index in [1.165, 1.54) is 43.6 Å². The van der Waals surface area contributed by atoms with E-state index in [2.05, 4.69) is 40.5 Å². The van der Waals surface area contributed by atoms with Gasteiger partial charge in [-0.3, -0.25) is 0 Å². The van der Waals surface area contributed by atoms with Gasteiger partial charge in [0.15, 0.2) is 0 Å². The summed E-state index contributed by atoms with van der Waals surface area (Å²) >= 11 is 0. The normalized spacial score (nSPS) is 15.9. The predicted octanol–water partition coefficient (Wildman–Crippen LogP) is 5.01. The highest BCUT2D eigenvalue weighted by molar-refractivity contribution is 5.57. The van der Waals surface area contributed by atoms with E-state index < -0.39 is 0 Å². The molecule has 2 aromatic carbocycles. The number of likely N-dealkylation sites (tertiary alicyclic amines) is 1. The van der Waals surface area contributed by atoms with Crippen LogP contribution in [0.5, 0.6) is 0 Å². The zero-order valence-electron chi connectivity index (χ0n) is 15.4. The molecule has 1 aliphatic heterocycles. The summed E-state index contributed by atoms with van der Waals surface area (Å²) in [5.74, 6) is 1.42. The maximum Gasteiger partial charge on any atom is 0.134 e. The summed E-state index contributed by atoms with van der Waals surface area (Å²) in [4.78, 5) is 2.52. The van der Waals surface area contributed by atoms with Crippen molar-refractivity contribution in [1.82, 2.24) is 10.2 Å². The lowest BCUT2D eigenvalue weighted by Gasteiger charge is -2.24. The first kappa shape index (κ1) is 18.0. The molecule has 1 aliphatic rings. The molecule has 0 spiro atoms. The molecular formula is C23H25FN2O. The number of hydrogen-bond acceptors (Lipinski definition) is 3. The predicted molar refractivity (Wildman–Crippen MR) is 106 cm³/mol. The Bertz CT molecular complexity index is 838. The molecule has 4 heteroatoms. The topological polar surface area (TPSA) is 28.4 Å². The second-order valence-electron chi connectivity index (χ2n) is 7.12. The van der Waals surface area contributed by atoms with Crippen molar-refractivity contribution in [3.8, 4) is 11.3 Å². The minimum atomic E-state index is -0.236. The Hall–Kier alpha value is -2.43. The first-order valence-electron chi connectivity index (χ1n) is 9.63. The Labute approximate surface area is 159 Å². The lowest BCUT2D eigenvalue weighted by atomic mass is 10.1. The molecule has 1 fully saturated rings. The molecule has 27 heavy (non-hydrogen) atoms. The van der Waals surface area contributed by atoms with Crippen LogP contribution in [0.25, 0.3) is 11.3 Å². The van der Waals surface area contributed by atoms with Gasteiger partial charge in [0.2, 0.25) is 0 Å². The van der Waals surface area contributed by atoms with Crippen LogP contribution in [0, 0.1) is 5.82 Å². The lowest BCUT2D eigenvalue weighted by Crippen LogP contribution is -2.33. The Morgan fingerprint density at radius 3 is 2.41 bits per heavy atom. The molecule has 3 aromatic rings. The van der Waals surface area contributed by atoms with Gasteiger partial charge in [-0.2, -0.15) is 0 Å². The molecule has 0 bridgehead atoms. The standard InChI is InChI=1S/C23H25FN2O/c24-20-10-8-19(9-11-20)23-13-12-21(27-23)16-25-22(17-26-14-4-5-15-26)18-6-2-1-3-7-18/h1-3,6-13,22,25H,4-5,14-17H2. The molecular weight excluding hydrogens is 339 g/mol. The molecule has 2 heterocycles. The third-order valence-corrected chi connectivity index (χ3v) is 5.15. The summed E-state index contributed by atoms with van der Waals surface area (Å²) in [6, 6.07) is 21.2. The summed E-state index contributed by atoms with van der Waals surface area (Å²) < 4.78 is 19.1. The van der Waals surface area contributed by atoms with E-state index in [0.29, 0.717) is 6.54 Å². The molecule has 0 saturated carbocycles. The quantitative estimate of drug-likeness (QED) is 0.639. The van der Waals surface area contributed by atoms with Gasteiger partial charge in [-0.25, -0.2) is 4.39 Å². The maximum atomic E-state index is 13.1. The van der Waals surface area contributed by atoms with Crippen molar-refractivity contribution in [2.75, 3.05) is 19.6 Å². The highest BCUT2D eigenvalue weighted by atomic mass is 19.1. The monoisotopic (exact) mass is 364 g/mol. The fourth-order valence-corrected chi connectivity index (χ4v) is 3.66. The maximum absolute atomic E-state index is 13.1. The summed E-state index contributed by atoms with van der Waals surface area (Å²) in [6.07, 6.45) is 2.58. The van der Waals surface area contributed by atoms with E-state index in [0.717, 1.165) is 23.6 Å². The van der Waals surface area contributed by atoms with Crippen LogP contribution in [-0.4, -0.2) is 24.5 Å². The van der Waals surface area contributed by atoms with Crippen molar-refractivity contribution < 1.29 is 8.81 Å². The van der Waals surface area contributed by atoms with E-state index in [9.17, 15) is 4.39 Å². The second-order valence-corrected chi connectivity index (χ2v) is 7.12. The Morgan fingerprint density at radius 1 is 0.926 bits per heavy atom. The van der Waals surface area contributed by atoms with Crippen LogP contribution in [0.4, 0.5) is 4.39 Å². The molecule has 1 saturated heterocycles. The number of benzene rings is 2. The van der Waals surface area contributed by atoms with Crippen LogP contribution in [0.1, 0.15) is 30.2 Å². The first-order valence-corrected chi connectivity index (χ1v) is 9.63. The number of rotatable bonds is 7. The van der Waals surface area contributed by atoms with Gasteiger partial charge in [0, 0.05) is 18.2 Å². The van der Waals surface area contributed by atoms with E-state index in [1.807, 2.05) is 12.1 Å². The fourth-order valence-electron chi connectivity index (χ4n) is 3.66. The lowest BCUT2D eigenvalue weighted by molar-refractivity contribution is 0.287. The molecule has 1 atom stereocenters. The van der Waals surface area contributed by atoms with E-state index in [1.54, 1.807) is 12.1 Å². The van der Waals surface area contributed by atoms with Crippen LogP contribution >= 0.6 is 0 Å². The van der Waals surface area contributed by atoms with Crippen molar-refractivity contribution in [3.63, 3.8) is 0 Å². The summed E-state index contributed by atoms with van der Waals surface area (Å²) in [6.45, 7) is 4.03. The van der Waals surface area contributed by atoms with Gasteiger partial charge in [-0.05, 0) is 67.9 Å². The molecule has 0 radical (unpaired) electrons. The summed E-state index contributed by atoms with van der Waals surface area (Å²) in [7, 11) is 0. The highest BCUT2D eigenvalue weighted by Gasteiger charge is 2.19. The van der Waals surface area contributed by atoms with Gasteiger partial charge in [0.25, 0.3) is 0 Å². The molecule has 1 aromatic heterocycles. The fraction of sp³-hybridized carbons (Fsp3) is 0.304. The molecule has 4 rings (SSSR count). The minimum absolute atomic E-state index is 0.236. The first-order chi connectivity index (χ1) is 13.3. The average Bonchev–Trinajstić information content (AvgIpc) is 3.38. The van der Waals surface area contributed by atoms with Gasteiger partial charge >= 0.3 is 0 Å². The number of hydrogen-bond donors (Lipinski definition) is 1. The van der Waals surface area contributed by atoms with Crippen molar-refractivity contribution in [3.05, 3.63) is 83.9 Å². The van der Waals surface area contributed by atoms with E-state index in [-0.39, 0.29) is 11.9 Å². The average molecular weight is 364 g/mol. The SMILES string of the molecule is Fc1ccc(-c2ccc(CNC(CN3CCCC3)c3ccccc3)o2)cc1. The van der Waals surface area contributed by atoms with Crippen molar-refractivity contribution >= 4 is 0 Å². The Kier molecular flexibility index (Phi) is 5.66. The van der Waals surface area contributed by atoms with Gasteiger partial charge in [-0.15, -0.1) is 0 Å². The van der Waals surface area contributed by atoms with Crippen LogP contribution < -0.4 is 5.32 Å². The molecule has 0 aliphatic carbocycles. The van der Waals surface area contributed by atoms with Crippen LogP contribution in [0.3, 0.4) is 0 Å². The number of furan rings is 1. The van der Waals surface area contributed by atoms with Crippen LogP contribution in [0.15, 0.2) is 71.1 Å². The second kappa shape index (κ2) is 8.51. The largest absolute Gasteiger partial charge is 0.460 e. The van der Waals surface area contributed by atoms with Crippen LogP contribution in [0.2, 0.25) is 0 Å². The molecule has 1 unspecified atom stereocenters. The highest BCUT2D eigenvalue weighted by Crippen LogP contribution is 2.23. The smallest absolute Gasteiger partial charge is 0.134 e. The van der Waals surface area contributed by atoms with Crippen molar-refractivity contribution in [2.24, 2.45) is 0 Å². The third kappa shape index (κ3) is 4.65. The number of nitrogens with zero attached hydrogens (tertiary/aromatic N) is 1.